The van der Waals surface area contributed by atoms with Gasteiger partial charge < -0.3 is 15.7 Å². The molecule has 0 radical (unpaired) electrons. The predicted octanol–water partition coefficient (Wildman–Crippen LogP) is 1.32. The van der Waals surface area contributed by atoms with E-state index in [2.05, 4.69) is 0 Å². The van der Waals surface area contributed by atoms with Gasteiger partial charge in [-0.2, -0.15) is 0 Å². The van der Waals surface area contributed by atoms with Gasteiger partial charge in [0.25, 0.3) is 0 Å². The molecule has 2 rings (SSSR count). The molecule has 1 aromatic carbocycles. The Hall–Kier alpha value is -1.62. The number of hydrogen-bond acceptors (Lipinski definition) is 3. The largest absolute Gasteiger partial charge is 0.393 e. The summed E-state index contributed by atoms with van der Waals surface area (Å²) >= 11 is 0. The van der Waals surface area contributed by atoms with Gasteiger partial charge in [-0.15, -0.1) is 0 Å². The lowest BCUT2D eigenvalue weighted by Crippen LogP contribution is -2.27. The molecular formula is C13H18FN3O. The number of nitrogens with zero attached hydrogens (tertiary/aromatic N) is 1. The molecule has 0 spiro atoms. The van der Waals surface area contributed by atoms with Crippen molar-refractivity contribution < 1.29 is 9.50 Å². The highest BCUT2D eigenvalue weighted by Crippen LogP contribution is 2.29. The third-order valence-corrected chi connectivity index (χ3v) is 3.51. The highest BCUT2D eigenvalue weighted by atomic mass is 19.1. The summed E-state index contributed by atoms with van der Waals surface area (Å²) in [4.78, 5) is 1.98. The molecule has 4 N–H and O–H groups in total. The zero-order chi connectivity index (χ0) is 13.3. The van der Waals surface area contributed by atoms with E-state index in [-0.39, 0.29) is 23.4 Å². The van der Waals surface area contributed by atoms with E-state index in [9.17, 15) is 9.50 Å². The fraction of sp³-hybridized carbons (Fsp3) is 0.462. The van der Waals surface area contributed by atoms with Gasteiger partial charge in [0.05, 0.1) is 17.4 Å². The van der Waals surface area contributed by atoms with Crippen molar-refractivity contribution in [3.63, 3.8) is 0 Å². The molecule has 98 valence electrons. The van der Waals surface area contributed by atoms with E-state index in [1.807, 2.05) is 4.90 Å². The van der Waals surface area contributed by atoms with Crippen LogP contribution in [0.3, 0.4) is 0 Å². The van der Waals surface area contributed by atoms with Crippen LogP contribution < -0.4 is 10.6 Å². The van der Waals surface area contributed by atoms with Crippen LogP contribution >= 0.6 is 0 Å². The number of nitrogen functional groups attached to an aromatic ring is 1. The smallest absolute Gasteiger partial charge is 0.136 e. The Morgan fingerprint density at radius 1 is 1.61 bits per heavy atom. The molecule has 2 atom stereocenters. The molecule has 0 bridgehead atoms. The number of nitrogens with two attached hydrogens (primary N) is 1. The van der Waals surface area contributed by atoms with Gasteiger partial charge >= 0.3 is 0 Å². The average Bonchev–Trinajstić information content (AvgIpc) is 2.77. The summed E-state index contributed by atoms with van der Waals surface area (Å²) in [5.41, 5.74) is 6.25. The SMILES string of the molecule is CC(O)C1CCN(c2cccc(F)c2C(=N)N)C1. The Morgan fingerprint density at radius 3 is 2.89 bits per heavy atom. The van der Waals surface area contributed by atoms with Gasteiger partial charge in [0.15, 0.2) is 0 Å². The Morgan fingerprint density at radius 2 is 2.33 bits per heavy atom. The summed E-state index contributed by atoms with van der Waals surface area (Å²) < 4.78 is 13.7. The number of halogens is 1. The molecule has 18 heavy (non-hydrogen) atoms. The first kappa shape index (κ1) is 12.8. The van der Waals surface area contributed by atoms with Crippen LogP contribution in [0.2, 0.25) is 0 Å². The summed E-state index contributed by atoms with van der Waals surface area (Å²) in [6, 6.07) is 4.69. The van der Waals surface area contributed by atoms with E-state index >= 15 is 0 Å². The molecule has 5 heteroatoms. The minimum atomic E-state index is -0.472. The fourth-order valence-electron chi connectivity index (χ4n) is 2.44. The lowest BCUT2D eigenvalue weighted by molar-refractivity contribution is 0.136. The summed E-state index contributed by atoms with van der Waals surface area (Å²) in [5.74, 6) is -0.544. The van der Waals surface area contributed by atoms with Gasteiger partial charge in [0.2, 0.25) is 0 Å². The first-order valence-electron chi connectivity index (χ1n) is 6.06. The second-order valence-corrected chi connectivity index (χ2v) is 4.78. The van der Waals surface area contributed by atoms with Crippen molar-refractivity contribution >= 4 is 11.5 Å². The predicted molar refractivity (Wildman–Crippen MR) is 69.4 cm³/mol. The third kappa shape index (κ3) is 2.31. The second-order valence-electron chi connectivity index (χ2n) is 4.78. The maximum absolute atomic E-state index is 13.7. The molecule has 1 aliphatic rings. The number of amidine groups is 1. The van der Waals surface area contributed by atoms with Crippen LogP contribution in [0, 0.1) is 17.1 Å². The highest BCUT2D eigenvalue weighted by molar-refractivity contribution is 6.00. The third-order valence-electron chi connectivity index (χ3n) is 3.51. The minimum Gasteiger partial charge on any atom is -0.393 e. The number of aliphatic hydroxyl groups excluding tert-OH is 1. The average molecular weight is 251 g/mol. The zero-order valence-corrected chi connectivity index (χ0v) is 10.4. The van der Waals surface area contributed by atoms with Crippen LogP contribution in [-0.4, -0.2) is 30.1 Å². The molecule has 0 aliphatic carbocycles. The van der Waals surface area contributed by atoms with Crippen LogP contribution in [0.25, 0.3) is 0 Å². The Balaban J connectivity index is 2.30. The molecule has 1 saturated heterocycles. The van der Waals surface area contributed by atoms with Crippen LogP contribution in [0.5, 0.6) is 0 Å². The number of rotatable bonds is 3. The first-order chi connectivity index (χ1) is 8.50. The lowest BCUT2D eigenvalue weighted by atomic mass is 10.0. The standard InChI is InChI=1S/C13H18FN3O/c1-8(18)9-5-6-17(7-9)11-4-2-3-10(14)12(11)13(15)16/h2-4,8-9,18H,5-7H2,1H3,(H3,15,16). The molecule has 1 aromatic rings. The minimum absolute atomic E-state index is 0.156. The van der Waals surface area contributed by atoms with Gasteiger partial charge in [-0.05, 0) is 25.5 Å². The monoisotopic (exact) mass is 251 g/mol. The van der Waals surface area contributed by atoms with E-state index in [0.717, 1.165) is 13.0 Å². The van der Waals surface area contributed by atoms with Crippen molar-refractivity contribution in [2.24, 2.45) is 11.7 Å². The summed E-state index contributed by atoms with van der Waals surface area (Å²) in [6.07, 6.45) is 0.496. The maximum atomic E-state index is 13.7. The van der Waals surface area contributed by atoms with E-state index in [0.29, 0.717) is 12.2 Å². The van der Waals surface area contributed by atoms with Crippen molar-refractivity contribution in [2.45, 2.75) is 19.4 Å². The molecule has 0 saturated carbocycles. The molecule has 1 heterocycles. The molecule has 0 amide bonds. The van der Waals surface area contributed by atoms with Crippen molar-refractivity contribution in [2.75, 3.05) is 18.0 Å². The summed E-state index contributed by atoms with van der Waals surface area (Å²) in [7, 11) is 0. The molecule has 4 nitrogen and oxygen atoms in total. The van der Waals surface area contributed by atoms with E-state index in [1.165, 1.54) is 6.07 Å². The number of anilines is 1. The normalized spacial score (nSPS) is 21.1. The van der Waals surface area contributed by atoms with Gasteiger partial charge in [0.1, 0.15) is 11.7 Å². The Bertz CT molecular complexity index is 462. The first-order valence-corrected chi connectivity index (χ1v) is 6.06. The topological polar surface area (TPSA) is 73.3 Å². The van der Waals surface area contributed by atoms with Gasteiger partial charge in [-0.25, -0.2) is 4.39 Å². The summed E-state index contributed by atoms with van der Waals surface area (Å²) in [5, 5.41) is 17.1. The maximum Gasteiger partial charge on any atom is 0.136 e. The van der Waals surface area contributed by atoms with Crippen molar-refractivity contribution in [3.8, 4) is 0 Å². The fourth-order valence-corrected chi connectivity index (χ4v) is 2.44. The van der Waals surface area contributed by atoms with Crippen molar-refractivity contribution in [1.29, 1.82) is 5.41 Å². The van der Waals surface area contributed by atoms with Crippen molar-refractivity contribution in [3.05, 3.63) is 29.6 Å². The second kappa shape index (κ2) is 4.94. The number of benzene rings is 1. The lowest BCUT2D eigenvalue weighted by Gasteiger charge is -2.22. The van der Waals surface area contributed by atoms with Crippen LogP contribution in [0.4, 0.5) is 10.1 Å². The summed E-state index contributed by atoms with van der Waals surface area (Å²) in [6.45, 7) is 3.19. The Labute approximate surface area is 106 Å². The molecule has 1 aliphatic heterocycles. The van der Waals surface area contributed by atoms with Gasteiger partial charge in [-0.1, -0.05) is 6.07 Å². The molecule has 0 aromatic heterocycles. The zero-order valence-electron chi connectivity index (χ0n) is 10.4. The van der Waals surface area contributed by atoms with E-state index < -0.39 is 5.82 Å². The van der Waals surface area contributed by atoms with Gasteiger partial charge in [-0.3, -0.25) is 5.41 Å². The molecule has 1 fully saturated rings. The van der Waals surface area contributed by atoms with Crippen LogP contribution in [0.1, 0.15) is 18.9 Å². The van der Waals surface area contributed by atoms with Gasteiger partial charge in [0, 0.05) is 19.0 Å². The number of aliphatic hydroxyl groups is 1. The van der Waals surface area contributed by atoms with E-state index in [1.54, 1.807) is 19.1 Å². The molecular weight excluding hydrogens is 233 g/mol. The van der Waals surface area contributed by atoms with Crippen LogP contribution in [-0.2, 0) is 0 Å². The Kier molecular flexibility index (Phi) is 3.52. The number of nitrogens with one attached hydrogen (secondary N) is 1. The number of hydrogen-bond donors (Lipinski definition) is 3. The van der Waals surface area contributed by atoms with E-state index in [4.69, 9.17) is 11.1 Å². The van der Waals surface area contributed by atoms with Crippen LogP contribution in [0.15, 0.2) is 18.2 Å². The molecule has 2 unspecified atom stereocenters. The quantitative estimate of drug-likeness (QED) is 0.560. The van der Waals surface area contributed by atoms with Crippen molar-refractivity contribution in [1.82, 2.24) is 0 Å². The highest BCUT2D eigenvalue weighted by Gasteiger charge is 2.28.